The van der Waals surface area contributed by atoms with E-state index in [1.807, 2.05) is 69.9 Å². The number of anilines is 1. The van der Waals surface area contributed by atoms with Gasteiger partial charge in [-0.1, -0.05) is 66.4 Å². The second kappa shape index (κ2) is 13.1. The molecule has 0 N–H and O–H groups in total. The Labute approximate surface area is 183 Å². The average molecular weight is 422 g/mol. The Hall–Kier alpha value is -3.18. The lowest BCUT2D eigenvalue weighted by Crippen LogP contribution is -2.16. The summed E-state index contributed by atoms with van der Waals surface area (Å²) in [6, 6.07) is 16.2. The number of allylic oxidation sites excluding steroid dienone is 5. The fraction of sp³-hybridized carbons (Fsp3) is 0.160. The fourth-order valence-corrected chi connectivity index (χ4v) is 4.10. The third kappa shape index (κ3) is 6.16. The van der Waals surface area contributed by atoms with Crippen LogP contribution in [0.15, 0.2) is 88.3 Å². The van der Waals surface area contributed by atoms with Crippen molar-refractivity contribution in [3.05, 3.63) is 94.6 Å². The quantitative estimate of drug-likeness (QED) is 0.348. The molecule has 0 aromatic heterocycles. The van der Waals surface area contributed by atoms with Gasteiger partial charge in [0.05, 0.1) is 10.7 Å². The van der Waals surface area contributed by atoms with Crippen molar-refractivity contribution in [1.29, 1.82) is 0 Å². The molecule has 4 nitrogen and oxygen atoms in total. The Morgan fingerprint density at radius 3 is 2.30 bits per heavy atom. The number of rotatable bonds is 5. The lowest BCUT2D eigenvalue weighted by molar-refractivity contribution is -0.0987. The molecule has 1 aliphatic rings. The Kier molecular flexibility index (Phi) is 10.9. The van der Waals surface area contributed by atoms with Crippen molar-refractivity contribution in [2.45, 2.75) is 25.7 Å². The van der Waals surface area contributed by atoms with Gasteiger partial charge in [-0.05, 0) is 50.1 Å². The fourth-order valence-electron chi connectivity index (χ4n) is 2.96. The van der Waals surface area contributed by atoms with Gasteiger partial charge in [0, 0.05) is 17.0 Å². The first kappa shape index (κ1) is 24.9. The third-order valence-electron chi connectivity index (χ3n) is 4.40. The van der Waals surface area contributed by atoms with Crippen LogP contribution in [-0.2, 0) is 9.59 Å². The molecule has 0 atom stereocenters. The molecular weight excluding hydrogens is 394 g/mol. The highest BCUT2D eigenvalue weighted by atomic mass is 32.2. The van der Waals surface area contributed by atoms with Crippen LogP contribution in [0.4, 0.5) is 5.69 Å². The first-order chi connectivity index (χ1) is 14.6. The number of hydrogen-bond acceptors (Lipinski definition) is 5. The van der Waals surface area contributed by atoms with Gasteiger partial charge < -0.3 is 14.5 Å². The van der Waals surface area contributed by atoms with Gasteiger partial charge >= 0.3 is 0 Å². The van der Waals surface area contributed by atoms with E-state index in [-0.39, 0.29) is 5.78 Å². The van der Waals surface area contributed by atoms with Crippen molar-refractivity contribution >= 4 is 36.8 Å². The summed E-state index contributed by atoms with van der Waals surface area (Å²) >= 11 is 1.78. The number of fused-ring (bicyclic) bond motifs is 1. The van der Waals surface area contributed by atoms with Crippen molar-refractivity contribution in [1.82, 2.24) is 0 Å². The highest BCUT2D eigenvalue weighted by Gasteiger charge is 2.22. The molecule has 2 aromatic carbocycles. The van der Waals surface area contributed by atoms with E-state index in [4.69, 9.17) is 9.59 Å². The van der Waals surface area contributed by atoms with E-state index < -0.39 is 0 Å². The van der Waals surface area contributed by atoms with E-state index in [0.717, 1.165) is 23.2 Å². The number of hydrogen-bond donors (Lipinski definition) is 0. The zero-order chi connectivity index (χ0) is 22.5. The molecule has 0 spiro atoms. The number of nitrogens with zero attached hydrogens (tertiary/aromatic N) is 1. The molecule has 0 unspecified atom stereocenters. The van der Waals surface area contributed by atoms with Crippen molar-refractivity contribution in [2.24, 2.45) is 0 Å². The van der Waals surface area contributed by atoms with Gasteiger partial charge in [0.15, 0.2) is 5.78 Å². The first-order valence-electron chi connectivity index (χ1n) is 9.39. The van der Waals surface area contributed by atoms with Crippen LogP contribution in [-0.4, -0.2) is 25.9 Å². The summed E-state index contributed by atoms with van der Waals surface area (Å²) in [5.41, 5.74) is 3.78. The average Bonchev–Trinajstić information content (AvgIpc) is 3.16. The SMILES string of the molecule is C=O.C=O.CCN1/C(=C/C=C/C=C(\C)C(=O)c2ccccc2C)Sc2ccccc21. The summed E-state index contributed by atoms with van der Waals surface area (Å²) in [6.07, 6.45) is 7.94. The second-order valence-electron chi connectivity index (χ2n) is 6.20. The molecular formula is C25H27NO3S. The highest BCUT2D eigenvalue weighted by molar-refractivity contribution is 8.03. The number of ketones is 1. The molecule has 30 heavy (non-hydrogen) atoms. The Morgan fingerprint density at radius 2 is 1.63 bits per heavy atom. The molecule has 2 aromatic rings. The molecule has 1 aliphatic heterocycles. The van der Waals surface area contributed by atoms with Gasteiger partial charge in [0.2, 0.25) is 0 Å². The molecule has 0 fully saturated rings. The van der Waals surface area contributed by atoms with Gasteiger partial charge in [-0.15, -0.1) is 0 Å². The minimum Gasteiger partial charge on any atom is -0.335 e. The van der Waals surface area contributed by atoms with Crippen LogP contribution < -0.4 is 4.90 Å². The number of thioether (sulfide) groups is 1. The zero-order valence-corrected chi connectivity index (χ0v) is 18.4. The lowest BCUT2D eigenvalue weighted by atomic mass is 10.00. The number of benzene rings is 2. The molecule has 1 heterocycles. The molecule has 3 rings (SSSR count). The molecule has 0 amide bonds. The van der Waals surface area contributed by atoms with Crippen LogP contribution >= 0.6 is 11.8 Å². The van der Waals surface area contributed by atoms with Gasteiger partial charge in [0.25, 0.3) is 0 Å². The zero-order valence-electron chi connectivity index (χ0n) is 17.6. The second-order valence-corrected chi connectivity index (χ2v) is 7.26. The normalized spacial score (nSPS) is 13.9. The van der Waals surface area contributed by atoms with E-state index >= 15 is 0 Å². The van der Waals surface area contributed by atoms with Crippen molar-refractivity contribution in [2.75, 3.05) is 11.4 Å². The Bertz CT molecular complexity index is 945. The van der Waals surface area contributed by atoms with Crippen LogP contribution in [0.2, 0.25) is 0 Å². The van der Waals surface area contributed by atoms with Gasteiger partial charge in [-0.3, -0.25) is 4.79 Å². The van der Waals surface area contributed by atoms with Crippen LogP contribution in [0.5, 0.6) is 0 Å². The maximum Gasteiger partial charge on any atom is 0.188 e. The largest absolute Gasteiger partial charge is 0.335 e. The number of Topliss-reactive ketones (excluding diaryl/α,β-unsaturated/α-hetero) is 1. The smallest absolute Gasteiger partial charge is 0.188 e. The number of carbonyl (C=O) groups excluding carboxylic acids is 3. The monoisotopic (exact) mass is 421 g/mol. The molecule has 0 radical (unpaired) electrons. The van der Waals surface area contributed by atoms with Crippen molar-refractivity contribution in [3.63, 3.8) is 0 Å². The Morgan fingerprint density at radius 1 is 1.00 bits per heavy atom. The van der Waals surface area contributed by atoms with E-state index in [9.17, 15) is 4.79 Å². The predicted octanol–water partition coefficient (Wildman–Crippen LogP) is 5.78. The van der Waals surface area contributed by atoms with Gasteiger partial charge in [-0.2, -0.15) is 0 Å². The molecule has 0 saturated heterocycles. The Balaban J connectivity index is 0.00000106. The number of para-hydroxylation sites is 1. The topological polar surface area (TPSA) is 54.5 Å². The van der Waals surface area contributed by atoms with Gasteiger partial charge in [0.1, 0.15) is 13.6 Å². The number of carbonyl (C=O) groups is 3. The molecule has 0 bridgehead atoms. The maximum absolute atomic E-state index is 12.5. The van der Waals surface area contributed by atoms with E-state index in [1.54, 1.807) is 11.8 Å². The predicted molar refractivity (Wildman–Crippen MR) is 126 cm³/mol. The summed E-state index contributed by atoms with van der Waals surface area (Å²) in [7, 11) is 0. The van der Waals surface area contributed by atoms with Crippen LogP contribution in [0, 0.1) is 6.92 Å². The summed E-state index contributed by atoms with van der Waals surface area (Å²) in [4.78, 5) is 32.1. The summed E-state index contributed by atoms with van der Waals surface area (Å²) in [6.45, 7) is 10.9. The number of aryl methyl sites for hydroxylation is 1. The summed E-state index contributed by atoms with van der Waals surface area (Å²) in [5.74, 6) is 0.0817. The summed E-state index contributed by atoms with van der Waals surface area (Å²) in [5, 5.41) is 1.21. The van der Waals surface area contributed by atoms with E-state index in [0.29, 0.717) is 0 Å². The van der Waals surface area contributed by atoms with Crippen LogP contribution in [0.25, 0.3) is 0 Å². The summed E-state index contributed by atoms with van der Waals surface area (Å²) < 4.78 is 0. The lowest BCUT2D eigenvalue weighted by Gasteiger charge is -2.17. The standard InChI is InChI=1S/C23H23NOS.2CH2O/c1-4-24-20-14-8-9-15-21(20)26-22(24)16-10-6-12-18(3)23(25)19-13-7-5-11-17(19)2;2*1-2/h5-16H,4H2,1-3H3;2*1H2/b10-6+,18-12+,22-16-;;. The van der Waals surface area contributed by atoms with Crippen LogP contribution in [0.3, 0.4) is 0 Å². The first-order valence-corrected chi connectivity index (χ1v) is 10.2. The highest BCUT2D eigenvalue weighted by Crippen LogP contribution is 2.45. The minimum atomic E-state index is 0.0817. The molecule has 0 saturated carbocycles. The molecule has 156 valence electrons. The van der Waals surface area contributed by atoms with Crippen LogP contribution in [0.1, 0.15) is 29.8 Å². The van der Waals surface area contributed by atoms with Gasteiger partial charge in [-0.25, -0.2) is 0 Å². The molecule has 0 aliphatic carbocycles. The van der Waals surface area contributed by atoms with Crippen molar-refractivity contribution in [3.8, 4) is 0 Å². The molecule has 5 heteroatoms. The van der Waals surface area contributed by atoms with E-state index in [2.05, 4.69) is 42.2 Å². The maximum atomic E-state index is 12.5. The van der Waals surface area contributed by atoms with E-state index in [1.165, 1.54) is 15.6 Å². The third-order valence-corrected chi connectivity index (χ3v) is 5.53. The van der Waals surface area contributed by atoms with Crippen molar-refractivity contribution < 1.29 is 14.4 Å². The minimum absolute atomic E-state index is 0.0817.